The normalized spacial score (nSPS) is 10.8. The van der Waals surface area contributed by atoms with Gasteiger partial charge in [0.25, 0.3) is 6.43 Å². The second-order valence-electron chi connectivity index (χ2n) is 4.77. The number of ether oxygens (including phenoxy) is 1. The number of carbonyl (C=O) groups is 1. The van der Waals surface area contributed by atoms with Crippen LogP contribution < -0.4 is 4.74 Å². The van der Waals surface area contributed by atoms with E-state index < -0.39 is 18.9 Å². The van der Waals surface area contributed by atoms with Crippen LogP contribution in [0.3, 0.4) is 0 Å². The molecule has 1 aromatic carbocycles. The molecule has 0 fully saturated rings. The molecule has 6 heteroatoms. The monoisotopic (exact) mass is 301 g/mol. The van der Waals surface area contributed by atoms with Gasteiger partial charge >= 0.3 is 0 Å². The standard InChI is InChI=1S/C15H21F2NO3/c1-11-4-3-5-12(2)15(11)21-9-6-14(20)18(7-8-19)10-13(16)17/h3-5,13,19H,6-10H2,1-2H3. The van der Waals surface area contributed by atoms with Gasteiger partial charge in [0.2, 0.25) is 5.91 Å². The second-order valence-corrected chi connectivity index (χ2v) is 4.77. The molecule has 0 aromatic heterocycles. The van der Waals surface area contributed by atoms with Crippen LogP contribution in [-0.4, -0.2) is 48.6 Å². The minimum Gasteiger partial charge on any atom is -0.493 e. The Bertz CT molecular complexity index is 446. The van der Waals surface area contributed by atoms with Crippen molar-refractivity contribution >= 4 is 5.91 Å². The Hall–Kier alpha value is -1.69. The van der Waals surface area contributed by atoms with E-state index in [4.69, 9.17) is 9.84 Å². The van der Waals surface area contributed by atoms with E-state index in [9.17, 15) is 13.6 Å². The molecule has 1 amide bonds. The summed E-state index contributed by atoms with van der Waals surface area (Å²) in [6.45, 7) is 2.83. The lowest BCUT2D eigenvalue weighted by atomic mass is 10.1. The van der Waals surface area contributed by atoms with E-state index >= 15 is 0 Å². The van der Waals surface area contributed by atoms with Crippen LogP contribution in [0.2, 0.25) is 0 Å². The van der Waals surface area contributed by atoms with Crippen molar-refractivity contribution in [1.29, 1.82) is 0 Å². The van der Waals surface area contributed by atoms with Gasteiger partial charge in [0.05, 0.1) is 26.2 Å². The lowest BCUT2D eigenvalue weighted by Gasteiger charge is -2.21. The van der Waals surface area contributed by atoms with Gasteiger partial charge in [0.15, 0.2) is 0 Å². The van der Waals surface area contributed by atoms with Crippen molar-refractivity contribution in [2.45, 2.75) is 26.7 Å². The summed E-state index contributed by atoms with van der Waals surface area (Å²) in [5, 5.41) is 8.80. The van der Waals surface area contributed by atoms with Crippen molar-refractivity contribution in [1.82, 2.24) is 4.90 Å². The Labute approximate surface area is 123 Å². The number of aliphatic hydroxyl groups excluding tert-OH is 1. The van der Waals surface area contributed by atoms with Gasteiger partial charge in [-0.3, -0.25) is 4.79 Å². The number of para-hydroxylation sites is 1. The summed E-state index contributed by atoms with van der Waals surface area (Å²) >= 11 is 0. The number of carbonyl (C=O) groups excluding carboxylic acids is 1. The average Bonchev–Trinajstić information content (AvgIpc) is 2.41. The molecule has 0 unspecified atom stereocenters. The third-order valence-electron chi connectivity index (χ3n) is 3.05. The van der Waals surface area contributed by atoms with Crippen LogP contribution in [0.1, 0.15) is 17.5 Å². The zero-order valence-corrected chi connectivity index (χ0v) is 12.3. The Morgan fingerprint density at radius 3 is 2.48 bits per heavy atom. The predicted octanol–water partition coefficient (Wildman–Crippen LogP) is 2.16. The summed E-state index contributed by atoms with van der Waals surface area (Å²) < 4.78 is 30.3. The molecule has 1 aromatic rings. The quantitative estimate of drug-likeness (QED) is 0.800. The number of hydrogen-bond donors (Lipinski definition) is 1. The van der Waals surface area contributed by atoms with E-state index in [1.807, 2.05) is 32.0 Å². The second kappa shape index (κ2) is 8.56. The van der Waals surface area contributed by atoms with E-state index in [1.54, 1.807) is 0 Å². The summed E-state index contributed by atoms with van der Waals surface area (Å²) in [6.07, 6.45) is -2.61. The number of amides is 1. The summed E-state index contributed by atoms with van der Waals surface area (Å²) in [4.78, 5) is 12.8. The molecule has 1 N–H and O–H groups in total. The molecule has 21 heavy (non-hydrogen) atoms. The predicted molar refractivity (Wildman–Crippen MR) is 75.7 cm³/mol. The van der Waals surface area contributed by atoms with Gasteiger partial charge in [-0.05, 0) is 25.0 Å². The molecule has 0 spiro atoms. The molecule has 0 saturated heterocycles. The average molecular weight is 301 g/mol. The molecule has 0 radical (unpaired) electrons. The van der Waals surface area contributed by atoms with Gasteiger partial charge < -0.3 is 14.7 Å². The van der Waals surface area contributed by atoms with Crippen LogP contribution in [0.5, 0.6) is 5.75 Å². The highest BCUT2D eigenvalue weighted by Gasteiger charge is 2.17. The number of nitrogens with zero attached hydrogens (tertiary/aromatic N) is 1. The van der Waals surface area contributed by atoms with Gasteiger partial charge in [-0.1, -0.05) is 18.2 Å². The number of aryl methyl sites for hydroxylation is 2. The lowest BCUT2D eigenvalue weighted by molar-refractivity contribution is -0.134. The highest BCUT2D eigenvalue weighted by atomic mass is 19.3. The fourth-order valence-corrected chi connectivity index (χ4v) is 2.03. The maximum Gasteiger partial charge on any atom is 0.255 e. The van der Waals surface area contributed by atoms with Crippen molar-refractivity contribution in [2.24, 2.45) is 0 Å². The molecule has 1 rings (SSSR count). The van der Waals surface area contributed by atoms with E-state index in [0.29, 0.717) is 5.75 Å². The number of aliphatic hydroxyl groups is 1. The number of halogens is 2. The van der Waals surface area contributed by atoms with Crippen LogP contribution in [0.25, 0.3) is 0 Å². The van der Waals surface area contributed by atoms with Crippen LogP contribution in [-0.2, 0) is 4.79 Å². The number of alkyl halides is 2. The molecule has 0 aliphatic heterocycles. The summed E-state index contributed by atoms with van der Waals surface area (Å²) in [6, 6.07) is 5.71. The highest BCUT2D eigenvalue weighted by molar-refractivity contribution is 5.76. The van der Waals surface area contributed by atoms with E-state index in [1.165, 1.54) is 0 Å². The number of benzene rings is 1. The van der Waals surface area contributed by atoms with E-state index in [2.05, 4.69) is 0 Å². The van der Waals surface area contributed by atoms with Gasteiger partial charge in [-0.15, -0.1) is 0 Å². The topological polar surface area (TPSA) is 49.8 Å². The maximum atomic E-state index is 12.4. The third-order valence-corrected chi connectivity index (χ3v) is 3.05. The van der Waals surface area contributed by atoms with Crippen molar-refractivity contribution in [3.05, 3.63) is 29.3 Å². The van der Waals surface area contributed by atoms with Crippen molar-refractivity contribution in [3.8, 4) is 5.75 Å². The molecule has 0 atom stereocenters. The Morgan fingerprint density at radius 1 is 1.33 bits per heavy atom. The highest BCUT2D eigenvalue weighted by Crippen LogP contribution is 2.22. The molecular formula is C15H21F2NO3. The smallest absolute Gasteiger partial charge is 0.255 e. The Balaban J connectivity index is 2.51. The molecule has 0 aliphatic carbocycles. The summed E-state index contributed by atoms with van der Waals surface area (Å²) in [7, 11) is 0. The van der Waals surface area contributed by atoms with Crippen LogP contribution in [0.4, 0.5) is 8.78 Å². The molecule has 0 heterocycles. The lowest BCUT2D eigenvalue weighted by Crippen LogP contribution is -2.37. The zero-order chi connectivity index (χ0) is 15.8. The minimum absolute atomic E-state index is 0.000490. The Morgan fingerprint density at radius 2 is 1.95 bits per heavy atom. The van der Waals surface area contributed by atoms with Gasteiger partial charge in [0.1, 0.15) is 5.75 Å². The third kappa shape index (κ3) is 5.67. The molecular weight excluding hydrogens is 280 g/mol. The fourth-order valence-electron chi connectivity index (χ4n) is 2.03. The molecule has 0 saturated carbocycles. The first-order valence-corrected chi connectivity index (χ1v) is 6.81. The van der Waals surface area contributed by atoms with E-state index in [-0.39, 0.29) is 26.2 Å². The SMILES string of the molecule is Cc1cccc(C)c1OCCC(=O)N(CCO)CC(F)F. The van der Waals surface area contributed by atoms with Crippen LogP contribution in [0, 0.1) is 13.8 Å². The van der Waals surface area contributed by atoms with Gasteiger partial charge in [-0.25, -0.2) is 8.78 Å². The zero-order valence-electron chi connectivity index (χ0n) is 12.3. The van der Waals surface area contributed by atoms with Crippen molar-refractivity contribution < 1.29 is 23.4 Å². The molecule has 0 bridgehead atoms. The number of hydrogen-bond acceptors (Lipinski definition) is 3. The van der Waals surface area contributed by atoms with Crippen molar-refractivity contribution in [2.75, 3.05) is 26.3 Å². The largest absolute Gasteiger partial charge is 0.493 e. The molecule has 0 aliphatic rings. The summed E-state index contributed by atoms with van der Waals surface area (Å²) in [5.74, 6) is 0.267. The van der Waals surface area contributed by atoms with E-state index in [0.717, 1.165) is 16.0 Å². The minimum atomic E-state index is -2.61. The van der Waals surface area contributed by atoms with Gasteiger partial charge in [0, 0.05) is 6.54 Å². The first-order valence-electron chi connectivity index (χ1n) is 6.81. The maximum absolute atomic E-state index is 12.4. The molecule has 118 valence electrons. The first-order chi connectivity index (χ1) is 9.95. The Kier molecular flexibility index (Phi) is 7.08. The first kappa shape index (κ1) is 17.4. The van der Waals surface area contributed by atoms with Crippen molar-refractivity contribution in [3.63, 3.8) is 0 Å². The fraction of sp³-hybridized carbons (Fsp3) is 0.533. The van der Waals surface area contributed by atoms with Crippen LogP contribution in [0.15, 0.2) is 18.2 Å². The summed E-state index contributed by atoms with van der Waals surface area (Å²) in [5.41, 5.74) is 1.92. The van der Waals surface area contributed by atoms with Gasteiger partial charge in [-0.2, -0.15) is 0 Å². The number of rotatable bonds is 8. The molecule has 4 nitrogen and oxygen atoms in total. The van der Waals surface area contributed by atoms with Crippen LogP contribution >= 0.6 is 0 Å².